The third-order valence-electron chi connectivity index (χ3n) is 2.54. The monoisotopic (exact) mass is 277 g/mol. The number of methoxy groups -OCH3 is 1. The van der Waals surface area contributed by atoms with Gasteiger partial charge in [0.15, 0.2) is 0 Å². The lowest BCUT2D eigenvalue weighted by Crippen LogP contribution is -2.35. The van der Waals surface area contributed by atoms with Gasteiger partial charge in [-0.1, -0.05) is 34.8 Å². The van der Waals surface area contributed by atoms with Crippen LogP contribution in [0.1, 0.15) is 16.6 Å². The van der Waals surface area contributed by atoms with E-state index in [2.05, 4.69) is 14.9 Å². The summed E-state index contributed by atoms with van der Waals surface area (Å²) in [6.45, 7) is 2.36. The lowest BCUT2D eigenvalue weighted by atomic mass is 10.1. The molecule has 1 N–H and O–H groups in total. The molecule has 0 aliphatic rings. The van der Waals surface area contributed by atoms with Crippen LogP contribution in [-0.4, -0.2) is 35.3 Å². The molecule has 0 saturated carbocycles. The lowest BCUT2D eigenvalue weighted by molar-refractivity contribution is 0.0910. The predicted octanol–water partition coefficient (Wildman–Crippen LogP) is 1.97. The smallest absolute Gasteiger partial charge is 0.265 e. The molecular formula is C13H15N3O2S. The molecule has 2 rings (SSSR count). The topological polar surface area (TPSA) is 64.1 Å². The highest BCUT2D eigenvalue weighted by molar-refractivity contribution is 7.08. The molecule has 0 fully saturated rings. The van der Waals surface area contributed by atoms with Crippen molar-refractivity contribution in [2.24, 2.45) is 0 Å². The van der Waals surface area contributed by atoms with Gasteiger partial charge in [0.1, 0.15) is 10.6 Å². The number of ether oxygens (including phenoxy) is 1. The van der Waals surface area contributed by atoms with E-state index in [1.54, 1.807) is 7.11 Å². The molecule has 1 amide bonds. The van der Waals surface area contributed by atoms with Gasteiger partial charge in [0, 0.05) is 18.7 Å². The van der Waals surface area contributed by atoms with E-state index in [0.717, 1.165) is 17.1 Å². The molecule has 0 aliphatic carbocycles. The van der Waals surface area contributed by atoms with Crippen LogP contribution < -0.4 is 5.32 Å². The molecule has 1 atom stereocenters. The summed E-state index contributed by atoms with van der Waals surface area (Å²) in [7, 11) is 1.60. The molecule has 0 bridgehead atoms. The van der Waals surface area contributed by atoms with Gasteiger partial charge in [-0.3, -0.25) is 4.79 Å². The second kappa shape index (κ2) is 6.40. The van der Waals surface area contributed by atoms with Gasteiger partial charge in [0.25, 0.3) is 5.91 Å². The van der Waals surface area contributed by atoms with E-state index in [-0.39, 0.29) is 11.9 Å². The number of hydrogen-bond acceptors (Lipinski definition) is 5. The zero-order chi connectivity index (χ0) is 13.7. The minimum Gasteiger partial charge on any atom is -0.383 e. The quantitative estimate of drug-likeness (QED) is 0.907. The number of rotatable bonds is 5. The summed E-state index contributed by atoms with van der Waals surface area (Å²) in [4.78, 5) is 12.7. The number of nitrogens with one attached hydrogen (secondary N) is 1. The fourth-order valence-electron chi connectivity index (χ4n) is 1.71. The first-order chi connectivity index (χ1) is 9.22. The number of amides is 1. The van der Waals surface area contributed by atoms with Gasteiger partial charge >= 0.3 is 0 Å². The van der Waals surface area contributed by atoms with Crippen molar-refractivity contribution in [1.29, 1.82) is 0 Å². The molecule has 1 aromatic carbocycles. The molecule has 5 nitrogen and oxygen atoms in total. The molecule has 1 unspecified atom stereocenters. The zero-order valence-electron chi connectivity index (χ0n) is 10.8. The van der Waals surface area contributed by atoms with E-state index in [1.807, 2.05) is 37.3 Å². The summed E-state index contributed by atoms with van der Waals surface area (Å²) in [6.07, 6.45) is 0. The van der Waals surface area contributed by atoms with Crippen molar-refractivity contribution in [1.82, 2.24) is 14.9 Å². The van der Waals surface area contributed by atoms with Crippen molar-refractivity contribution in [3.8, 4) is 11.3 Å². The SMILES string of the molecule is COCC(C)NC(=O)c1snnc1-c1ccccc1. The Balaban J connectivity index is 2.18. The van der Waals surface area contributed by atoms with E-state index in [1.165, 1.54) is 0 Å². The van der Waals surface area contributed by atoms with Crippen molar-refractivity contribution in [3.63, 3.8) is 0 Å². The summed E-state index contributed by atoms with van der Waals surface area (Å²) in [6, 6.07) is 9.50. The third-order valence-corrected chi connectivity index (χ3v) is 3.26. The van der Waals surface area contributed by atoms with Gasteiger partial charge in [-0.2, -0.15) is 0 Å². The van der Waals surface area contributed by atoms with Crippen LogP contribution in [0.5, 0.6) is 0 Å². The van der Waals surface area contributed by atoms with Crippen molar-refractivity contribution < 1.29 is 9.53 Å². The summed E-state index contributed by atoms with van der Waals surface area (Å²) >= 11 is 1.10. The van der Waals surface area contributed by atoms with Crippen LogP contribution in [0, 0.1) is 0 Å². The van der Waals surface area contributed by atoms with Gasteiger partial charge in [-0.05, 0) is 18.5 Å². The minimum absolute atomic E-state index is 0.0526. The number of nitrogens with zero attached hydrogens (tertiary/aromatic N) is 2. The van der Waals surface area contributed by atoms with E-state index >= 15 is 0 Å². The zero-order valence-corrected chi connectivity index (χ0v) is 11.6. The van der Waals surface area contributed by atoms with E-state index < -0.39 is 0 Å². The fourth-order valence-corrected chi connectivity index (χ4v) is 2.30. The second-order valence-corrected chi connectivity index (χ2v) is 4.90. The summed E-state index contributed by atoms with van der Waals surface area (Å²) in [5.74, 6) is -0.168. The van der Waals surface area contributed by atoms with Crippen LogP contribution in [0.2, 0.25) is 0 Å². The van der Waals surface area contributed by atoms with Crippen LogP contribution in [-0.2, 0) is 4.74 Å². The highest BCUT2D eigenvalue weighted by atomic mass is 32.1. The third kappa shape index (κ3) is 3.36. The van der Waals surface area contributed by atoms with Crippen LogP contribution in [0.25, 0.3) is 11.3 Å². The maximum atomic E-state index is 12.1. The number of carbonyl (C=O) groups excluding carboxylic acids is 1. The molecule has 0 aliphatic heterocycles. The summed E-state index contributed by atoms with van der Waals surface area (Å²) in [5, 5.41) is 6.90. The van der Waals surface area contributed by atoms with Crippen LogP contribution in [0.4, 0.5) is 0 Å². The number of benzene rings is 1. The Morgan fingerprint density at radius 2 is 2.16 bits per heavy atom. The summed E-state index contributed by atoms with van der Waals surface area (Å²) in [5.41, 5.74) is 1.51. The number of aromatic nitrogens is 2. The predicted molar refractivity (Wildman–Crippen MR) is 74.1 cm³/mol. The minimum atomic E-state index is -0.168. The van der Waals surface area contributed by atoms with E-state index in [9.17, 15) is 4.79 Å². The molecule has 19 heavy (non-hydrogen) atoms. The molecule has 1 heterocycles. The first-order valence-corrected chi connectivity index (χ1v) is 6.67. The molecular weight excluding hydrogens is 262 g/mol. The average molecular weight is 277 g/mol. The fraction of sp³-hybridized carbons (Fsp3) is 0.308. The Morgan fingerprint density at radius 3 is 2.84 bits per heavy atom. The van der Waals surface area contributed by atoms with Crippen LogP contribution in [0.15, 0.2) is 30.3 Å². The van der Waals surface area contributed by atoms with Gasteiger partial charge in [-0.25, -0.2) is 0 Å². The molecule has 0 spiro atoms. The second-order valence-electron chi connectivity index (χ2n) is 4.15. The highest BCUT2D eigenvalue weighted by Crippen LogP contribution is 2.23. The van der Waals surface area contributed by atoms with Crippen molar-refractivity contribution in [2.75, 3.05) is 13.7 Å². The van der Waals surface area contributed by atoms with Crippen molar-refractivity contribution in [3.05, 3.63) is 35.2 Å². The Morgan fingerprint density at radius 1 is 1.42 bits per heavy atom. The Hall–Kier alpha value is -1.79. The Kier molecular flexibility index (Phi) is 4.59. The standard InChI is InChI=1S/C13H15N3O2S/c1-9(8-18-2)14-13(17)12-11(15-16-19-12)10-6-4-3-5-7-10/h3-7,9H,8H2,1-2H3,(H,14,17). The molecule has 6 heteroatoms. The molecule has 1 aromatic heterocycles. The average Bonchev–Trinajstić information content (AvgIpc) is 2.89. The largest absolute Gasteiger partial charge is 0.383 e. The number of carbonyl (C=O) groups is 1. The maximum Gasteiger partial charge on any atom is 0.265 e. The van der Waals surface area contributed by atoms with Gasteiger partial charge < -0.3 is 10.1 Å². The maximum absolute atomic E-state index is 12.1. The normalized spacial score (nSPS) is 12.1. The van der Waals surface area contributed by atoms with Gasteiger partial charge in [0.05, 0.1) is 6.61 Å². The first kappa shape index (κ1) is 13.6. The van der Waals surface area contributed by atoms with Gasteiger partial charge in [0.2, 0.25) is 0 Å². The van der Waals surface area contributed by atoms with E-state index in [4.69, 9.17) is 4.74 Å². The molecule has 100 valence electrons. The van der Waals surface area contributed by atoms with Crippen LogP contribution >= 0.6 is 11.5 Å². The van der Waals surface area contributed by atoms with Crippen molar-refractivity contribution >= 4 is 17.4 Å². The molecule has 0 radical (unpaired) electrons. The van der Waals surface area contributed by atoms with Gasteiger partial charge in [-0.15, -0.1) is 5.10 Å². The van der Waals surface area contributed by atoms with Crippen LogP contribution in [0.3, 0.4) is 0 Å². The lowest BCUT2D eigenvalue weighted by Gasteiger charge is -2.11. The van der Waals surface area contributed by atoms with Crippen molar-refractivity contribution in [2.45, 2.75) is 13.0 Å². The molecule has 0 saturated heterocycles. The highest BCUT2D eigenvalue weighted by Gasteiger charge is 2.18. The Bertz CT molecular complexity index is 542. The Labute approximate surface area is 115 Å². The number of hydrogen-bond donors (Lipinski definition) is 1. The van der Waals surface area contributed by atoms with E-state index in [0.29, 0.717) is 17.2 Å². The molecule has 2 aromatic rings. The summed E-state index contributed by atoms with van der Waals surface area (Å²) < 4.78 is 8.87. The first-order valence-electron chi connectivity index (χ1n) is 5.90.